The maximum atomic E-state index is 13.5. The molecule has 0 aliphatic heterocycles. The molecule has 0 saturated heterocycles. The van der Waals surface area contributed by atoms with E-state index in [0.29, 0.717) is 0 Å². The van der Waals surface area contributed by atoms with Crippen molar-refractivity contribution < 1.29 is 17.9 Å². The average Bonchev–Trinajstić information content (AvgIpc) is 3.30. The number of carbonyl (C=O) groups excluding carboxylic acids is 1. The molecule has 162 valence electrons. The number of alkyl carbamates (subject to hydrolysis) is 1. The molecule has 3 N–H and O–H groups in total. The Kier molecular flexibility index (Phi) is 6.06. The van der Waals surface area contributed by atoms with Gasteiger partial charge in [-0.25, -0.2) is 13.2 Å². The fourth-order valence-electron chi connectivity index (χ4n) is 3.81. The van der Waals surface area contributed by atoms with Crippen LogP contribution < -0.4 is 11.1 Å². The second-order valence-corrected chi connectivity index (χ2v) is 11.7. The molecule has 0 radical (unpaired) electrons. The summed E-state index contributed by atoms with van der Waals surface area (Å²) in [4.78, 5) is 12.8. The van der Waals surface area contributed by atoms with E-state index < -0.39 is 38.2 Å². The predicted octanol–water partition coefficient (Wildman–Crippen LogP) is 3.92. The van der Waals surface area contributed by atoms with Crippen LogP contribution in [0.5, 0.6) is 0 Å². The number of ether oxygens (including phenoxy) is 1. The first-order chi connectivity index (χ1) is 13.9. The average molecular weight is 495 g/mol. The third-order valence-electron chi connectivity index (χ3n) is 5.24. The highest BCUT2D eigenvalue weighted by Crippen LogP contribution is 2.57. The van der Waals surface area contributed by atoms with Crippen LogP contribution in [0.2, 0.25) is 0 Å². The number of sulfone groups is 1. The van der Waals surface area contributed by atoms with Crippen LogP contribution in [-0.2, 0) is 14.6 Å². The number of nitrogens with one attached hydrogen (secondary N) is 1. The van der Waals surface area contributed by atoms with Crippen LogP contribution in [0, 0.1) is 6.92 Å². The summed E-state index contributed by atoms with van der Waals surface area (Å²) < 4.78 is 33.4. The van der Waals surface area contributed by atoms with Gasteiger partial charge in [0, 0.05) is 16.9 Å². The van der Waals surface area contributed by atoms with Gasteiger partial charge in [-0.2, -0.15) is 0 Å². The van der Waals surface area contributed by atoms with Gasteiger partial charge in [-0.1, -0.05) is 45.8 Å². The van der Waals surface area contributed by atoms with Gasteiger partial charge in [0.2, 0.25) is 0 Å². The minimum atomic E-state index is -3.76. The molecule has 1 amide bonds. The number of hydrogen-bond acceptors (Lipinski definition) is 5. The number of hydrogen-bond donors (Lipinski definition) is 2. The molecular weight excluding hydrogens is 468 g/mol. The largest absolute Gasteiger partial charge is 0.444 e. The number of aryl methyl sites for hydroxylation is 1. The lowest BCUT2D eigenvalue weighted by atomic mass is 10.1. The smallest absolute Gasteiger partial charge is 0.408 e. The van der Waals surface area contributed by atoms with Gasteiger partial charge in [-0.15, -0.1) is 0 Å². The summed E-state index contributed by atoms with van der Waals surface area (Å²) in [7, 11) is -3.76. The Hall–Kier alpha value is -1.90. The summed E-state index contributed by atoms with van der Waals surface area (Å²) in [5, 5.41) is 1.90. The van der Waals surface area contributed by atoms with E-state index in [1.807, 2.05) is 31.2 Å². The summed E-state index contributed by atoms with van der Waals surface area (Å²) >= 11 is 3.40. The first-order valence-electron chi connectivity index (χ1n) is 9.68. The van der Waals surface area contributed by atoms with E-state index in [9.17, 15) is 13.2 Å². The van der Waals surface area contributed by atoms with Crippen molar-refractivity contribution in [3.63, 3.8) is 0 Å². The van der Waals surface area contributed by atoms with Gasteiger partial charge in [0.15, 0.2) is 9.84 Å². The quantitative estimate of drug-likeness (QED) is 0.655. The van der Waals surface area contributed by atoms with Crippen molar-refractivity contribution >= 4 is 31.9 Å². The molecule has 2 aromatic rings. The van der Waals surface area contributed by atoms with Crippen LogP contribution in [0.1, 0.15) is 37.8 Å². The standard InChI is InChI=1S/C22H27BrN2O4S/c1-14-5-11-17(12-6-14)30(27,28)19-18(15-7-9-16(23)10-8-15)22(19,13-24)25-20(26)29-21(2,3)4/h5-12,18-19H,13,24H2,1-4H3,(H,25,26)/t18-,19+,22-/m1/s1. The molecule has 1 saturated carbocycles. The van der Waals surface area contributed by atoms with Crippen molar-refractivity contribution in [1.29, 1.82) is 0 Å². The van der Waals surface area contributed by atoms with E-state index in [1.165, 1.54) is 0 Å². The van der Waals surface area contributed by atoms with Gasteiger partial charge >= 0.3 is 6.09 Å². The van der Waals surface area contributed by atoms with Crippen LogP contribution in [0.4, 0.5) is 4.79 Å². The Morgan fingerprint density at radius 2 is 1.70 bits per heavy atom. The maximum Gasteiger partial charge on any atom is 0.408 e. The lowest BCUT2D eigenvalue weighted by Crippen LogP contribution is -2.49. The van der Waals surface area contributed by atoms with Crippen molar-refractivity contribution in [2.24, 2.45) is 5.73 Å². The highest BCUT2D eigenvalue weighted by molar-refractivity contribution is 9.10. The van der Waals surface area contributed by atoms with Crippen LogP contribution in [0.3, 0.4) is 0 Å². The molecule has 1 aliphatic rings. The van der Waals surface area contributed by atoms with E-state index in [1.54, 1.807) is 45.0 Å². The van der Waals surface area contributed by atoms with Gasteiger partial charge < -0.3 is 15.8 Å². The molecule has 3 atom stereocenters. The van der Waals surface area contributed by atoms with Crippen LogP contribution in [0.15, 0.2) is 57.9 Å². The Morgan fingerprint density at radius 3 is 2.20 bits per heavy atom. The molecule has 0 spiro atoms. The second-order valence-electron chi connectivity index (χ2n) is 8.68. The summed E-state index contributed by atoms with van der Waals surface area (Å²) in [6, 6.07) is 14.1. The van der Waals surface area contributed by atoms with Crippen molar-refractivity contribution in [3.05, 3.63) is 64.1 Å². The molecule has 0 bridgehead atoms. The SMILES string of the molecule is Cc1ccc(S(=O)(=O)[C@H]2[C@@H](c3ccc(Br)cc3)[C@@]2(CN)NC(=O)OC(C)(C)C)cc1. The Morgan fingerprint density at radius 1 is 1.13 bits per heavy atom. The minimum Gasteiger partial charge on any atom is -0.444 e. The number of nitrogens with two attached hydrogens (primary N) is 1. The van der Waals surface area contributed by atoms with Gasteiger partial charge in [-0.05, 0) is 57.5 Å². The molecule has 1 fully saturated rings. The first kappa shape index (κ1) is 22.8. The topological polar surface area (TPSA) is 98.5 Å². The molecule has 3 rings (SSSR count). The predicted molar refractivity (Wildman–Crippen MR) is 120 cm³/mol. The van der Waals surface area contributed by atoms with E-state index in [-0.39, 0.29) is 11.4 Å². The number of rotatable bonds is 5. The third kappa shape index (κ3) is 4.40. The van der Waals surface area contributed by atoms with Crippen LogP contribution >= 0.6 is 15.9 Å². The molecule has 1 aliphatic carbocycles. The lowest BCUT2D eigenvalue weighted by Gasteiger charge is -2.24. The second kappa shape index (κ2) is 7.98. The van der Waals surface area contributed by atoms with Gasteiger partial charge in [0.25, 0.3) is 0 Å². The van der Waals surface area contributed by atoms with Gasteiger partial charge in [0.1, 0.15) is 10.9 Å². The Balaban J connectivity index is 2.03. The molecule has 6 nitrogen and oxygen atoms in total. The summed E-state index contributed by atoms with van der Waals surface area (Å²) in [6.07, 6.45) is -0.684. The first-order valence-corrected chi connectivity index (χ1v) is 12.0. The molecule has 0 heterocycles. The number of carbonyl (C=O) groups is 1. The summed E-state index contributed by atoms with van der Waals surface area (Å²) in [5.74, 6) is -0.491. The molecule has 2 aromatic carbocycles. The highest BCUT2D eigenvalue weighted by Gasteiger charge is 2.71. The van der Waals surface area contributed by atoms with Crippen molar-refractivity contribution in [3.8, 4) is 0 Å². The maximum absolute atomic E-state index is 13.5. The monoisotopic (exact) mass is 494 g/mol. The van der Waals surface area contributed by atoms with Gasteiger partial charge in [-0.3, -0.25) is 0 Å². The Bertz CT molecular complexity index is 1030. The molecule has 30 heavy (non-hydrogen) atoms. The van der Waals surface area contributed by atoms with Crippen molar-refractivity contribution in [1.82, 2.24) is 5.32 Å². The van der Waals surface area contributed by atoms with E-state index in [0.717, 1.165) is 15.6 Å². The Labute approximate surface area is 186 Å². The van der Waals surface area contributed by atoms with Crippen LogP contribution in [0.25, 0.3) is 0 Å². The number of benzene rings is 2. The fraction of sp³-hybridized carbons (Fsp3) is 0.409. The highest BCUT2D eigenvalue weighted by atomic mass is 79.9. The third-order valence-corrected chi connectivity index (χ3v) is 8.06. The number of halogens is 1. The van der Waals surface area contributed by atoms with E-state index in [2.05, 4.69) is 21.2 Å². The molecule has 8 heteroatoms. The fourth-order valence-corrected chi connectivity index (χ4v) is 6.42. The zero-order valence-electron chi connectivity index (χ0n) is 17.5. The number of amides is 1. The lowest BCUT2D eigenvalue weighted by molar-refractivity contribution is 0.0497. The summed E-state index contributed by atoms with van der Waals surface area (Å²) in [5.41, 5.74) is 5.97. The van der Waals surface area contributed by atoms with Crippen LogP contribution in [-0.4, -0.2) is 37.4 Å². The molecular formula is C22H27BrN2O4S. The van der Waals surface area contributed by atoms with Crippen molar-refractivity contribution in [2.45, 2.75) is 54.9 Å². The van der Waals surface area contributed by atoms with Gasteiger partial charge in [0.05, 0.1) is 10.4 Å². The minimum absolute atomic E-state index is 0.0390. The van der Waals surface area contributed by atoms with E-state index in [4.69, 9.17) is 10.5 Å². The zero-order valence-corrected chi connectivity index (χ0v) is 19.9. The zero-order chi connectivity index (χ0) is 22.3. The van der Waals surface area contributed by atoms with E-state index >= 15 is 0 Å². The summed E-state index contributed by atoms with van der Waals surface area (Å²) in [6.45, 7) is 7.11. The molecule has 0 unspecified atom stereocenters. The normalized spacial score (nSPS) is 23.7. The molecule has 0 aromatic heterocycles. The van der Waals surface area contributed by atoms with Crippen molar-refractivity contribution in [2.75, 3.05) is 6.54 Å².